The maximum Gasteiger partial charge on any atom is 0.282 e. The molecule has 156 valence electrons. The molecule has 30 heavy (non-hydrogen) atoms. The summed E-state index contributed by atoms with van der Waals surface area (Å²) in [4.78, 5) is 32.6. The average Bonchev–Trinajstić information content (AvgIpc) is 2.99. The van der Waals surface area contributed by atoms with Gasteiger partial charge in [-0.15, -0.1) is 0 Å². The highest BCUT2D eigenvalue weighted by Crippen LogP contribution is 2.36. The summed E-state index contributed by atoms with van der Waals surface area (Å²) in [5.41, 5.74) is 4.63. The molecule has 0 atom stereocenters. The largest absolute Gasteiger partial charge is 0.378 e. The van der Waals surface area contributed by atoms with Gasteiger partial charge in [-0.1, -0.05) is 36.8 Å². The molecule has 2 aromatic carbocycles. The molecule has 0 radical (unpaired) electrons. The van der Waals surface area contributed by atoms with E-state index in [4.69, 9.17) is 0 Å². The van der Waals surface area contributed by atoms with Crippen LogP contribution in [0.15, 0.2) is 54.2 Å². The van der Waals surface area contributed by atoms with Crippen molar-refractivity contribution in [2.45, 2.75) is 26.7 Å². The van der Waals surface area contributed by atoms with Crippen molar-refractivity contribution in [2.75, 3.05) is 37.0 Å². The number of benzene rings is 2. The van der Waals surface area contributed by atoms with E-state index >= 15 is 0 Å². The second kappa shape index (κ2) is 7.98. The predicted octanol–water partition coefficient (Wildman–Crippen LogP) is 4.08. The molecule has 5 heteroatoms. The Morgan fingerprint density at radius 1 is 0.867 bits per heavy atom. The van der Waals surface area contributed by atoms with Gasteiger partial charge in [-0.2, -0.15) is 0 Å². The number of aryl methyl sites for hydroxylation is 1. The number of imide groups is 1. The molecule has 0 aromatic heterocycles. The summed E-state index contributed by atoms with van der Waals surface area (Å²) in [6, 6.07) is 15.4. The highest BCUT2D eigenvalue weighted by molar-refractivity contribution is 6.45. The van der Waals surface area contributed by atoms with E-state index in [2.05, 4.69) is 11.8 Å². The summed E-state index contributed by atoms with van der Waals surface area (Å²) in [6.07, 6.45) is 2.06. The van der Waals surface area contributed by atoms with Gasteiger partial charge >= 0.3 is 0 Å². The minimum atomic E-state index is -0.241. The molecule has 1 fully saturated rings. The summed E-state index contributed by atoms with van der Waals surface area (Å²) in [5.74, 6) is 0.185. The second-order valence-electron chi connectivity index (χ2n) is 8.62. The van der Waals surface area contributed by atoms with Gasteiger partial charge in [0.2, 0.25) is 0 Å². The first-order valence-electron chi connectivity index (χ1n) is 10.6. The highest BCUT2D eigenvalue weighted by atomic mass is 16.2. The quantitative estimate of drug-likeness (QED) is 0.722. The van der Waals surface area contributed by atoms with Gasteiger partial charge < -0.3 is 9.80 Å². The molecule has 2 aliphatic heterocycles. The van der Waals surface area contributed by atoms with Gasteiger partial charge in [-0.25, -0.2) is 4.90 Å². The lowest BCUT2D eigenvalue weighted by Crippen LogP contribution is -2.38. The van der Waals surface area contributed by atoms with Crippen LogP contribution in [0, 0.1) is 12.8 Å². The molecule has 0 bridgehead atoms. The van der Waals surface area contributed by atoms with Crippen LogP contribution in [0.1, 0.15) is 30.9 Å². The molecule has 0 saturated carbocycles. The van der Waals surface area contributed by atoms with Crippen molar-refractivity contribution in [3.8, 4) is 0 Å². The van der Waals surface area contributed by atoms with Crippen LogP contribution in [0.5, 0.6) is 0 Å². The summed E-state index contributed by atoms with van der Waals surface area (Å²) in [6.45, 7) is 5.87. The second-order valence-corrected chi connectivity index (χ2v) is 8.62. The van der Waals surface area contributed by atoms with Crippen molar-refractivity contribution in [3.63, 3.8) is 0 Å². The molecule has 1 saturated heterocycles. The normalized spacial score (nSPS) is 17.9. The zero-order valence-corrected chi connectivity index (χ0v) is 18.2. The van der Waals surface area contributed by atoms with E-state index in [1.165, 1.54) is 4.90 Å². The van der Waals surface area contributed by atoms with Crippen LogP contribution in [0.25, 0.3) is 5.57 Å². The number of carbonyl (C=O) groups is 2. The first kappa shape index (κ1) is 20.2. The van der Waals surface area contributed by atoms with E-state index in [1.54, 1.807) is 0 Å². The summed E-state index contributed by atoms with van der Waals surface area (Å²) in [7, 11) is 3.93. The molecule has 2 aliphatic rings. The minimum absolute atomic E-state index is 0.220. The maximum absolute atomic E-state index is 13.6. The van der Waals surface area contributed by atoms with E-state index in [0.717, 1.165) is 42.7 Å². The molecule has 0 unspecified atom stereocenters. The molecule has 4 rings (SSSR count). The van der Waals surface area contributed by atoms with Crippen LogP contribution in [-0.2, 0) is 9.59 Å². The van der Waals surface area contributed by atoms with E-state index < -0.39 is 0 Å². The number of nitrogens with zero attached hydrogens (tertiary/aromatic N) is 3. The molecule has 0 aliphatic carbocycles. The Bertz CT molecular complexity index is 982. The van der Waals surface area contributed by atoms with E-state index in [0.29, 0.717) is 22.9 Å². The van der Waals surface area contributed by atoms with Crippen molar-refractivity contribution < 1.29 is 9.59 Å². The SMILES string of the molecule is Cc1ccc(C2=C(N3CCC(C)CC3)C(=O)N(c3ccc(N(C)C)cc3)C2=O)cc1. The fourth-order valence-corrected chi connectivity index (χ4v) is 4.16. The number of amides is 2. The van der Waals surface area contributed by atoms with Crippen LogP contribution >= 0.6 is 0 Å². The van der Waals surface area contributed by atoms with Gasteiger partial charge in [-0.3, -0.25) is 9.59 Å². The number of likely N-dealkylation sites (tertiary alicyclic amines) is 1. The number of hydrogen-bond acceptors (Lipinski definition) is 4. The smallest absolute Gasteiger partial charge is 0.282 e. The number of anilines is 2. The highest BCUT2D eigenvalue weighted by Gasteiger charge is 2.42. The van der Waals surface area contributed by atoms with E-state index in [1.807, 2.05) is 74.4 Å². The molecule has 0 N–H and O–H groups in total. The number of rotatable bonds is 4. The van der Waals surface area contributed by atoms with Crippen molar-refractivity contribution in [3.05, 3.63) is 65.4 Å². The molecule has 2 amide bonds. The third kappa shape index (κ3) is 3.60. The average molecular weight is 404 g/mol. The van der Waals surface area contributed by atoms with Crippen LogP contribution in [0.2, 0.25) is 0 Å². The lowest BCUT2D eigenvalue weighted by Gasteiger charge is -2.32. The van der Waals surface area contributed by atoms with Gasteiger partial charge in [0, 0.05) is 32.9 Å². The molecule has 2 aromatic rings. The van der Waals surface area contributed by atoms with Crippen molar-refractivity contribution in [1.82, 2.24) is 4.90 Å². The first-order valence-corrected chi connectivity index (χ1v) is 10.6. The van der Waals surface area contributed by atoms with Crippen molar-refractivity contribution >= 4 is 28.8 Å². The Morgan fingerprint density at radius 3 is 2.03 bits per heavy atom. The number of carbonyl (C=O) groups excluding carboxylic acids is 2. The minimum Gasteiger partial charge on any atom is -0.378 e. The van der Waals surface area contributed by atoms with Gasteiger partial charge in [0.25, 0.3) is 11.8 Å². The molecule has 0 spiro atoms. The molecular weight excluding hydrogens is 374 g/mol. The molecule has 5 nitrogen and oxygen atoms in total. The monoisotopic (exact) mass is 403 g/mol. The summed E-state index contributed by atoms with van der Waals surface area (Å²) < 4.78 is 0. The van der Waals surface area contributed by atoms with Gasteiger partial charge in [0.1, 0.15) is 5.70 Å². The van der Waals surface area contributed by atoms with Gasteiger partial charge in [-0.05, 0) is 55.5 Å². The Hall–Kier alpha value is -3.08. The maximum atomic E-state index is 13.6. The van der Waals surface area contributed by atoms with Crippen LogP contribution in [0.4, 0.5) is 11.4 Å². The standard InChI is InChI=1S/C25H29N3O2/c1-17-5-7-19(8-6-17)22-23(27-15-13-18(2)14-16-27)25(30)28(24(22)29)21-11-9-20(10-12-21)26(3)4/h5-12,18H,13-16H2,1-4H3. The summed E-state index contributed by atoms with van der Waals surface area (Å²) in [5, 5.41) is 0. The van der Waals surface area contributed by atoms with Crippen LogP contribution in [-0.4, -0.2) is 43.9 Å². The van der Waals surface area contributed by atoms with Crippen LogP contribution < -0.4 is 9.80 Å². The Balaban J connectivity index is 1.76. The third-order valence-electron chi connectivity index (χ3n) is 6.12. The molecular formula is C25H29N3O2. The number of hydrogen-bond donors (Lipinski definition) is 0. The van der Waals surface area contributed by atoms with Gasteiger partial charge in [0.05, 0.1) is 11.3 Å². The first-order chi connectivity index (χ1) is 14.4. The third-order valence-corrected chi connectivity index (χ3v) is 6.12. The molecule has 2 heterocycles. The zero-order chi connectivity index (χ0) is 21.4. The zero-order valence-electron chi connectivity index (χ0n) is 18.2. The van der Waals surface area contributed by atoms with Crippen LogP contribution in [0.3, 0.4) is 0 Å². The Kier molecular flexibility index (Phi) is 5.37. The lowest BCUT2D eigenvalue weighted by atomic mass is 9.97. The van der Waals surface area contributed by atoms with Crippen molar-refractivity contribution in [1.29, 1.82) is 0 Å². The topological polar surface area (TPSA) is 43.9 Å². The van der Waals surface area contributed by atoms with Gasteiger partial charge in [0.15, 0.2) is 0 Å². The van der Waals surface area contributed by atoms with Crippen molar-refractivity contribution in [2.24, 2.45) is 5.92 Å². The predicted molar refractivity (Wildman–Crippen MR) is 121 cm³/mol. The Morgan fingerprint density at radius 2 is 1.47 bits per heavy atom. The van der Waals surface area contributed by atoms with E-state index in [-0.39, 0.29) is 11.8 Å². The summed E-state index contributed by atoms with van der Waals surface area (Å²) >= 11 is 0. The van der Waals surface area contributed by atoms with E-state index in [9.17, 15) is 9.59 Å². The Labute approximate surface area is 178 Å². The fraction of sp³-hybridized carbons (Fsp3) is 0.360. The fourth-order valence-electron chi connectivity index (χ4n) is 4.16. The number of piperidine rings is 1. The lowest BCUT2D eigenvalue weighted by molar-refractivity contribution is -0.120.